The van der Waals surface area contributed by atoms with E-state index in [1.165, 1.54) is 6.26 Å². The summed E-state index contributed by atoms with van der Waals surface area (Å²) < 4.78 is 5.12. The van der Waals surface area contributed by atoms with Crippen LogP contribution in [0.2, 0.25) is 0 Å². The molecule has 0 radical (unpaired) electrons. The Balaban J connectivity index is 1.83. The van der Waals surface area contributed by atoms with E-state index in [2.05, 4.69) is 11.4 Å². The molecular weight excluding hydrogens is 316 g/mol. The van der Waals surface area contributed by atoms with E-state index < -0.39 is 6.10 Å². The number of aliphatic hydroxyl groups is 1. The van der Waals surface area contributed by atoms with E-state index in [1.807, 2.05) is 18.2 Å². The first kappa shape index (κ1) is 16.5. The Bertz CT molecular complexity index is 911. The fraction of sp³-hybridized carbons (Fsp3) is 0.100. The molecule has 0 aliphatic rings. The molecule has 124 valence electrons. The van der Waals surface area contributed by atoms with Gasteiger partial charge in [0.05, 0.1) is 24.4 Å². The van der Waals surface area contributed by atoms with Crippen LogP contribution in [0.15, 0.2) is 71.3 Å². The third-order valence-electron chi connectivity index (χ3n) is 3.84. The summed E-state index contributed by atoms with van der Waals surface area (Å²) >= 11 is 0. The highest BCUT2D eigenvalue weighted by atomic mass is 16.4. The van der Waals surface area contributed by atoms with Gasteiger partial charge in [0.15, 0.2) is 0 Å². The highest BCUT2D eigenvalue weighted by Crippen LogP contribution is 2.27. The second kappa shape index (κ2) is 7.47. The Morgan fingerprint density at radius 2 is 1.80 bits per heavy atom. The molecule has 0 aliphatic heterocycles. The molecule has 1 unspecified atom stereocenters. The van der Waals surface area contributed by atoms with Crippen LogP contribution in [-0.4, -0.2) is 17.6 Å². The van der Waals surface area contributed by atoms with Gasteiger partial charge in [-0.15, -0.1) is 0 Å². The van der Waals surface area contributed by atoms with Gasteiger partial charge in [0, 0.05) is 11.1 Å². The predicted octanol–water partition coefficient (Wildman–Crippen LogP) is 3.28. The molecule has 5 heteroatoms. The van der Waals surface area contributed by atoms with Crippen LogP contribution in [0.25, 0.3) is 11.1 Å². The van der Waals surface area contributed by atoms with Crippen molar-refractivity contribution in [3.63, 3.8) is 0 Å². The zero-order valence-electron chi connectivity index (χ0n) is 13.3. The second-order valence-electron chi connectivity index (χ2n) is 5.44. The first-order chi connectivity index (χ1) is 12.2. The van der Waals surface area contributed by atoms with E-state index in [-0.39, 0.29) is 12.5 Å². The topological polar surface area (TPSA) is 86.3 Å². The standard InChI is InChI=1S/C20H16N2O3/c21-12-14-6-1-2-7-15(14)16-8-3-4-9-17(16)20(24)22-13-18(23)19-10-5-11-25-19/h1-11,18,23H,13H2,(H,22,24). The lowest BCUT2D eigenvalue weighted by Crippen LogP contribution is -2.28. The van der Waals surface area contributed by atoms with Gasteiger partial charge in [-0.1, -0.05) is 36.4 Å². The Morgan fingerprint density at radius 1 is 1.08 bits per heavy atom. The summed E-state index contributed by atoms with van der Waals surface area (Å²) in [7, 11) is 0. The van der Waals surface area contributed by atoms with E-state index in [0.29, 0.717) is 28.0 Å². The normalized spacial score (nSPS) is 11.5. The number of benzene rings is 2. The van der Waals surface area contributed by atoms with E-state index in [9.17, 15) is 15.2 Å². The molecule has 5 nitrogen and oxygen atoms in total. The molecule has 0 saturated carbocycles. The fourth-order valence-electron chi connectivity index (χ4n) is 2.60. The Labute approximate surface area is 145 Å². The van der Waals surface area contributed by atoms with Crippen molar-refractivity contribution in [2.24, 2.45) is 0 Å². The number of nitrogens with one attached hydrogen (secondary N) is 1. The second-order valence-corrected chi connectivity index (χ2v) is 5.44. The van der Waals surface area contributed by atoms with E-state index in [0.717, 1.165) is 0 Å². The summed E-state index contributed by atoms with van der Waals surface area (Å²) in [6, 6.07) is 19.7. The van der Waals surface area contributed by atoms with Gasteiger partial charge < -0.3 is 14.8 Å². The van der Waals surface area contributed by atoms with Crippen LogP contribution >= 0.6 is 0 Å². The first-order valence-corrected chi connectivity index (χ1v) is 7.79. The molecule has 0 bridgehead atoms. The quantitative estimate of drug-likeness (QED) is 0.751. The van der Waals surface area contributed by atoms with Crippen molar-refractivity contribution in [2.75, 3.05) is 6.54 Å². The molecule has 2 aromatic carbocycles. The molecule has 3 rings (SSSR count). The lowest BCUT2D eigenvalue weighted by atomic mass is 9.95. The number of hydrogen-bond acceptors (Lipinski definition) is 4. The summed E-state index contributed by atoms with van der Waals surface area (Å²) in [5.41, 5.74) is 2.31. The van der Waals surface area contributed by atoms with Gasteiger partial charge in [0.25, 0.3) is 5.91 Å². The van der Waals surface area contributed by atoms with Crippen LogP contribution in [0.5, 0.6) is 0 Å². The average Bonchev–Trinajstić information content (AvgIpc) is 3.20. The van der Waals surface area contributed by atoms with Crippen molar-refractivity contribution in [3.8, 4) is 17.2 Å². The summed E-state index contributed by atoms with van der Waals surface area (Å²) in [4.78, 5) is 12.6. The minimum absolute atomic E-state index is 0.0284. The number of carbonyl (C=O) groups excluding carboxylic acids is 1. The van der Waals surface area contributed by atoms with Crippen LogP contribution in [0, 0.1) is 11.3 Å². The predicted molar refractivity (Wildman–Crippen MR) is 92.6 cm³/mol. The lowest BCUT2D eigenvalue weighted by molar-refractivity contribution is 0.0901. The molecule has 1 aromatic heterocycles. The van der Waals surface area contributed by atoms with Crippen molar-refractivity contribution in [3.05, 3.63) is 83.8 Å². The van der Waals surface area contributed by atoms with Gasteiger partial charge in [-0.05, 0) is 29.8 Å². The van der Waals surface area contributed by atoms with Crippen LogP contribution in [0.1, 0.15) is 27.8 Å². The molecule has 2 N–H and O–H groups in total. The Hall–Kier alpha value is -3.36. The molecule has 0 saturated heterocycles. The van der Waals surface area contributed by atoms with Crippen LogP contribution in [-0.2, 0) is 0 Å². The van der Waals surface area contributed by atoms with Gasteiger partial charge in [-0.3, -0.25) is 4.79 Å². The van der Waals surface area contributed by atoms with Crippen molar-refractivity contribution in [2.45, 2.75) is 6.10 Å². The number of hydrogen-bond donors (Lipinski definition) is 2. The van der Waals surface area contributed by atoms with Crippen molar-refractivity contribution in [1.29, 1.82) is 5.26 Å². The smallest absolute Gasteiger partial charge is 0.252 e. The van der Waals surface area contributed by atoms with Crippen LogP contribution in [0.3, 0.4) is 0 Å². The number of carbonyl (C=O) groups is 1. The van der Waals surface area contributed by atoms with Gasteiger partial charge in [0.1, 0.15) is 11.9 Å². The average molecular weight is 332 g/mol. The molecule has 1 amide bonds. The first-order valence-electron chi connectivity index (χ1n) is 7.79. The van der Waals surface area contributed by atoms with E-state index >= 15 is 0 Å². The molecule has 3 aromatic rings. The van der Waals surface area contributed by atoms with Crippen molar-refractivity contribution in [1.82, 2.24) is 5.32 Å². The number of nitriles is 1. The molecule has 25 heavy (non-hydrogen) atoms. The minimum atomic E-state index is -0.919. The van der Waals surface area contributed by atoms with Gasteiger partial charge in [-0.2, -0.15) is 5.26 Å². The van der Waals surface area contributed by atoms with E-state index in [4.69, 9.17) is 4.42 Å². The number of amides is 1. The van der Waals surface area contributed by atoms with Crippen molar-refractivity contribution < 1.29 is 14.3 Å². The van der Waals surface area contributed by atoms with Gasteiger partial charge in [0.2, 0.25) is 0 Å². The highest BCUT2D eigenvalue weighted by Gasteiger charge is 2.17. The summed E-state index contributed by atoms with van der Waals surface area (Å²) in [6.07, 6.45) is 0.548. The molecule has 0 spiro atoms. The summed E-state index contributed by atoms with van der Waals surface area (Å²) in [5.74, 6) is 0.0670. The van der Waals surface area contributed by atoms with Gasteiger partial charge >= 0.3 is 0 Å². The fourth-order valence-corrected chi connectivity index (χ4v) is 2.60. The Morgan fingerprint density at radius 3 is 2.52 bits per heavy atom. The number of furan rings is 1. The van der Waals surface area contributed by atoms with Crippen LogP contribution in [0.4, 0.5) is 0 Å². The SMILES string of the molecule is N#Cc1ccccc1-c1ccccc1C(=O)NCC(O)c1ccco1. The van der Waals surface area contributed by atoms with Gasteiger partial charge in [-0.25, -0.2) is 0 Å². The molecular formula is C20H16N2O3. The molecule has 1 atom stereocenters. The number of rotatable bonds is 5. The van der Waals surface area contributed by atoms with E-state index in [1.54, 1.807) is 42.5 Å². The third-order valence-corrected chi connectivity index (χ3v) is 3.84. The minimum Gasteiger partial charge on any atom is -0.467 e. The van der Waals surface area contributed by atoms with Crippen LogP contribution < -0.4 is 5.32 Å². The summed E-state index contributed by atoms with van der Waals surface area (Å²) in [5, 5.41) is 22.0. The van der Waals surface area contributed by atoms with Crippen molar-refractivity contribution >= 4 is 5.91 Å². The lowest BCUT2D eigenvalue weighted by Gasteiger charge is -2.13. The highest BCUT2D eigenvalue weighted by molar-refractivity contribution is 6.01. The molecule has 1 heterocycles. The maximum Gasteiger partial charge on any atom is 0.252 e. The molecule has 0 aliphatic carbocycles. The number of aliphatic hydroxyl groups excluding tert-OH is 1. The zero-order valence-corrected chi connectivity index (χ0v) is 13.3. The molecule has 0 fully saturated rings. The zero-order chi connectivity index (χ0) is 17.6. The maximum absolute atomic E-state index is 12.6. The third kappa shape index (κ3) is 3.60. The number of nitrogens with zero attached hydrogens (tertiary/aromatic N) is 1. The maximum atomic E-state index is 12.6. The summed E-state index contributed by atoms with van der Waals surface area (Å²) in [6.45, 7) is 0.0284. The Kier molecular flexibility index (Phi) is 4.93. The monoisotopic (exact) mass is 332 g/mol. The largest absolute Gasteiger partial charge is 0.467 e.